The summed E-state index contributed by atoms with van der Waals surface area (Å²) in [5.74, 6) is 1.60. The summed E-state index contributed by atoms with van der Waals surface area (Å²) >= 11 is 0. The molecule has 0 radical (unpaired) electrons. The first kappa shape index (κ1) is 49.2. The molecule has 0 saturated heterocycles. The van der Waals surface area contributed by atoms with Crippen LogP contribution in [0.3, 0.4) is 0 Å². The third-order valence-electron chi connectivity index (χ3n) is 10.3. The molecule has 8 aromatic rings. The van der Waals surface area contributed by atoms with Crippen molar-refractivity contribution in [2.24, 2.45) is 5.73 Å². The van der Waals surface area contributed by atoms with E-state index in [1.807, 2.05) is 179 Å². The van der Waals surface area contributed by atoms with E-state index in [0.29, 0.717) is 11.5 Å². The number of para-hydroxylation sites is 4. The van der Waals surface area contributed by atoms with E-state index in [1.165, 1.54) is 0 Å². The minimum atomic E-state index is -3.61. The summed E-state index contributed by atoms with van der Waals surface area (Å²) in [6, 6.07) is 47.9. The molecule has 0 aliphatic heterocycles. The Morgan fingerprint density at radius 3 is 1.28 bits per heavy atom. The van der Waals surface area contributed by atoms with Crippen LogP contribution >= 0.6 is 0 Å². The number of hydrogen-bond donors (Lipinski definition) is 3. The van der Waals surface area contributed by atoms with Crippen LogP contribution in [0.5, 0.6) is 23.0 Å². The third-order valence-corrected chi connectivity index (χ3v) is 11.7. The molecule has 4 N–H and O–H groups in total. The number of hydrogen-bond acceptors (Lipinski definition) is 9. The number of fused-ring (bicyclic) bond motifs is 2. The van der Waals surface area contributed by atoms with Gasteiger partial charge in [0.2, 0.25) is 26.0 Å². The quantitative estimate of drug-likeness (QED) is 0.0753. The molecule has 0 spiro atoms. The number of rotatable bonds is 17. The van der Waals surface area contributed by atoms with E-state index < -0.39 is 44.0 Å². The summed E-state index contributed by atoms with van der Waals surface area (Å²) in [6.45, 7) is 1.85. The van der Waals surface area contributed by atoms with E-state index in [1.54, 1.807) is 6.92 Å². The topological polar surface area (TPSA) is 190 Å². The number of carbonyl (C=O) groups is 2. The Morgan fingerprint density at radius 1 is 0.537 bits per heavy atom. The molecule has 6 aromatic carbocycles. The number of carbonyl (C=O) groups excluding carboxylic acids is 2. The lowest BCUT2D eigenvalue weighted by Gasteiger charge is -2.15. The van der Waals surface area contributed by atoms with Gasteiger partial charge in [-0.2, -0.15) is 0 Å². The van der Waals surface area contributed by atoms with Gasteiger partial charge in [-0.25, -0.2) is 26.3 Å². The molecule has 67 heavy (non-hydrogen) atoms. The monoisotopic (exact) mass is 943 g/mol. The highest BCUT2D eigenvalue weighted by Crippen LogP contribution is 2.30. The Hall–Kier alpha value is -7.24. The van der Waals surface area contributed by atoms with Gasteiger partial charge in [-0.3, -0.25) is 9.59 Å². The molecule has 2 aromatic heterocycles. The first-order valence-electron chi connectivity index (χ1n) is 20.9. The second-order valence-electron chi connectivity index (χ2n) is 15.3. The van der Waals surface area contributed by atoms with Gasteiger partial charge in [-0.05, 0) is 109 Å². The van der Waals surface area contributed by atoms with Crippen LogP contribution in [0.25, 0.3) is 33.2 Å². The van der Waals surface area contributed by atoms with Crippen LogP contribution in [0.4, 0.5) is 0 Å². The number of nitrogens with two attached hydrogens (primary N) is 1. The van der Waals surface area contributed by atoms with Gasteiger partial charge >= 0.3 is 5.97 Å². The molecule has 16 heteroatoms. The number of nitrogens with zero attached hydrogens (tertiary/aromatic N) is 2. The maximum absolute atomic E-state index is 12.5. The number of aromatic nitrogens is 2. The Balaban J connectivity index is 0.000000218. The van der Waals surface area contributed by atoms with Gasteiger partial charge in [0.25, 0.3) is 0 Å². The molecule has 0 aliphatic rings. The van der Waals surface area contributed by atoms with Gasteiger partial charge in [0.15, 0.2) is 0 Å². The van der Waals surface area contributed by atoms with Gasteiger partial charge < -0.3 is 29.1 Å². The van der Waals surface area contributed by atoms with Gasteiger partial charge in [-0.15, -0.1) is 0 Å². The summed E-state index contributed by atoms with van der Waals surface area (Å²) in [5, 5.41) is 1.84. The summed E-state index contributed by atoms with van der Waals surface area (Å²) in [6.07, 6.45) is 6.16. The summed E-state index contributed by atoms with van der Waals surface area (Å²) < 4.78 is 72.6. The zero-order valence-corrected chi connectivity index (χ0v) is 38.0. The van der Waals surface area contributed by atoms with Crippen molar-refractivity contribution in [3.63, 3.8) is 0 Å². The van der Waals surface area contributed by atoms with E-state index in [0.717, 1.165) is 68.3 Å². The third kappa shape index (κ3) is 13.2. The van der Waals surface area contributed by atoms with E-state index in [4.69, 9.17) is 19.9 Å². The number of esters is 1. The van der Waals surface area contributed by atoms with Crippen molar-refractivity contribution in [1.82, 2.24) is 18.6 Å². The van der Waals surface area contributed by atoms with Crippen molar-refractivity contribution >= 4 is 53.7 Å². The highest BCUT2D eigenvalue weighted by atomic mass is 32.2. The molecule has 348 valence electrons. The van der Waals surface area contributed by atoms with E-state index in [2.05, 4.69) is 9.44 Å². The summed E-state index contributed by atoms with van der Waals surface area (Å²) in [5.41, 5.74) is 10.8. The molecular formula is C51H53N5O9S2. The minimum absolute atomic E-state index is 0. The van der Waals surface area contributed by atoms with Crippen molar-refractivity contribution in [3.05, 3.63) is 181 Å². The van der Waals surface area contributed by atoms with E-state index >= 15 is 0 Å². The van der Waals surface area contributed by atoms with Gasteiger partial charge in [0.05, 0.1) is 30.2 Å². The Bertz CT molecular complexity index is 3160. The molecule has 8 rings (SSSR count). The number of amides is 1. The van der Waals surface area contributed by atoms with Crippen molar-refractivity contribution < 1.29 is 40.6 Å². The maximum atomic E-state index is 12.5. The average Bonchev–Trinajstić information content (AvgIpc) is 3.85. The Kier molecular flexibility index (Phi) is 16.0. The fraction of sp³-hybridized carbons (Fsp3) is 0.176. The minimum Gasteiger partial charge on any atom is -0.465 e. The molecular weight excluding hydrogens is 891 g/mol. The lowest BCUT2D eigenvalue weighted by Crippen LogP contribution is -2.45. The highest BCUT2D eigenvalue weighted by Gasteiger charge is 2.26. The lowest BCUT2D eigenvalue weighted by molar-refractivity contribution is -0.145. The van der Waals surface area contributed by atoms with E-state index in [9.17, 15) is 26.4 Å². The normalized spacial score (nSPS) is 12.3. The lowest BCUT2D eigenvalue weighted by atomic mass is 10.1. The molecule has 0 saturated carbocycles. The SMILES string of the molecule is C.CCOC(=O)C(Cc1cn(-c2ccc(Oc3ccccc3)cc2)c2ccccc12)NS(C)(=O)=O.CS(=O)(=O)NC(Cc1cn(-c2ccc(Oc3ccccc3)cc2)c2ccccc12)C(N)=O. The van der Waals surface area contributed by atoms with Crippen LogP contribution in [0.1, 0.15) is 25.5 Å². The Morgan fingerprint density at radius 2 is 0.896 bits per heavy atom. The fourth-order valence-electron chi connectivity index (χ4n) is 7.42. The molecule has 0 aliphatic carbocycles. The number of primary amides is 1. The zero-order chi connectivity index (χ0) is 46.8. The standard InChI is InChI=1S/C26H26N2O5S.C24H23N3O4S.CH4/c1-3-32-26(29)24(27-34(2,30)31)17-19-18-28(25-12-8-7-11-23(19)25)20-13-15-22(16-14-20)33-21-9-5-4-6-10-21;1-32(29,30)26-22(24(25)28)15-17-16-27(23-10-6-5-9-21(17)23)18-11-13-20(14-12-18)31-19-7-3-2-4-8-19;/h4-16,18,24,27H,3,17H2,1-2H3;2-14,16,22,26H,15H2,1H3,(H2,25,28);1H4. The molecule has 2 atom stereocenters. The predicted octanol–water partition coefficient (Wildman–Crippen LogP) is 8.45. The predicted molar refractivity (Wildman–Crippen MR) is 263 cm³/mol. The average molecular weight is 944 g/mol. The molecule has 2 unspecified atom stereocenters. The smallest absolute Gasteiger partial charge is 0.324 e. The van der Waals surface area contributed by atoms with Crippen LogP contribution in [-0.2, 0) is 47.2 Å². The fourth-order valence-corrected chi connectivity index (χ4v) is 8.84. The first-order valence-corrected chi connectivity index (χ1v) is 24.7. The van der Waals surface area contributed by atoms with Crippen molar-refractivity contribution in [2.75, 3.05) is 19.1 Å². The second-order valence-corrected chi connectivity index (χ2v) is 18.9. The second kappa shape index (κ2) is 21.8. The van der Waals surface area contributed by atoms with Crippen LogP contribution < -0.4 is 24.7 Å². The van der Waals surface area contributed by atoms with Crippen molar-refractivity contribution in [2.45, 2.75) is 39.3 Å². The number of sulfonamides is 2. The number of benzene rings is 6. The van der Waals surface area contributed by atoms with Crippen molar-refractivity contribution in [3.8, 4) is 34.4 Å². The Labute approximate surface area is 391 Å². The number of nitrogens with one attached hydrogen (secondary N) is 2. The molecule has 0 bridgehead atoms. The zero-order valence-electron chi connectivity index (χ0n) is 36.4. The molecule has 14 nitrogen and oxygen atoms in total. The maximum Gasteiger partial charge on any atom is 0.324 e. The van der Waals surface area contributed by atoms with Crippen LogP contribution in [0.15, 0.2) is 170 Å². The number of ether oxygens (including phenoxy) is 3. The van der Waals surface area contributed by atoms with Crippen LogP contribution in [0, 0.1) is 0 Å². The van der Waals surface area contributed by atoms with E-state index in [-0.39, 0.29) is 26.9 Å². The largest absolute Gasteiger partial charge is 0.465 e. The van der Waals surface area contributed by atoms with Crippen LogP contribution in [-0.4, -0.2) is 69.0 Å². The van der Waals surface area contributed by atoms with Crippen molar-refractivity contribution in [1.29, 1.82) is 0 Å². The van der Waals surface area contributed by atoms with Gasteiger partial charge in [-0.1, -0.05) is 80.2 Å². The first-order chi connectivity index (χ1) is 31.6. The van der Waals surface area contributed by atoms with Gasteiger partial charge in [0, 0.05) is 41.0 Å². The molecule has 0 fully saturated rings. The highest BCUT2D eigenvalue weighted by molar-refractivity contribution is 7.89. The van der Waals surface area contributed by atoms with Crippen LogP contribution in [0.2, 0.25) is 0 Å². The summed E-state index contributed by atoms with van der Waals surface area (Å²) in [7, 11) is -7.20. The molecule has 2 heterocycles. The van der Waals surface area contributed by atoms with Gasteiger partial charge in [0.1, 0.15) is 35.1 Å². The molecule has 1 amide bonds. The summed E-state index contributed by atoms with van der Waals surface area (Å²) in [4.78, 5) is 24.3.